The molecule has 0 aliphatic carbocycles. The number of hydrogen-bond acceptors (Lipinski definition) is 2. The third-order valence-electron chi connectivity index (χ3n) is 1.33. The minimum atomic E-state index is -2.66. The molecule has 64 valence electrons. The predicted molar refractivity (Wildman–Crippen MR) is 38.1 cm³/mol. The Balaban J connectivity index is 3.04. The molecule has 1 aromatic rings. The smallest absolute Gasteiger partial charge is 0.258 e. The molecule has 0 saturated carbocycles. The van der Waals surface area contributed by atoms with Crippen LogP contribution in [0.1, 0.15) is 12.0 Å². The van der Waals surface area contributed by atoms with Crippen molar-refractivity contribution in [2.75, 3.05) is 0 Å². The SMILES string of the molecule is O=[N+]([O-])c1cccc(C(F)F)c1. The largest absolute Gasteiger partial charge is 0.269 e. The lowest BCUT2D eigenvalue weighted by atomic mass is 10.2. The van der Waals surface area contributed by atoms with Gasteiger partial charge in [-0.1, -0.05) is 12.1 Å². The van der Waals surface area contributed by atoms with Crippen molar-refractivity contribution in [2.24, 2.45) is 0 Å². The molecule has 0 N–H and O–H groups in total. The monoisotopic (exact) mass is 173 g/mol. The van der Waals surface area contributed by atoms with Crippen molar-refractivity contribution in [2.45, 2.75) is 6.43 Å². The minimum absolute atomic E-state index is 0.312. The Morgan fingerprint density at radius 2 is 2.08 bits per heavy atom. The average molecular weight is 173 g/mol. The second-order valence-electron chi connectivity index (χ2n) is 2.15. The van der Waals surface area contributed by atoms with Crippen molar-refractivity contribution in [1.82, 2.24) is 0 Å². The fraction of sp³-hybridized carbons (Fsp3) is 0.143. The third-order valence-corrected chi connectivity index (χ3v) is 1.33. The summed E-state index contributed by atoms with van der Waals surface area (Å²) in [5.74, 6) is 0. The van der Waals surface area contributed by atoms with Gasteiger partial charge in [0.25, 0.3) is 12.1 Å². The highest BCUT2D eigenvalue weighted by atomic mass is 19.3. The number of benzene rings is 1. The maximum absolute atomic E-state index is 12.0. The first kappa shape index (κ1) is 8.58. The fourth-order valence-electron chi connectivity index (χ4n) is 0.774. The fourth-order valence-corrected chi connectivity index (χ4v) is 0.774. The highest BCUT2D eigenvalue weighted by molar-refractivity contribution is 5.34. The molecule has 0 heterocycles. The van der Waals surface area contributed by atoms with Gasteiger partial charge in [0.2, 0.25) is 0 Å². The summed E-state index contributed by atoms with van der Waals surface area (Å²) >= 11 is 0. The molecule has 5 heteroatoms. The predicted octanol–water partition coefficient (Wildman–Crippen LogP) is 2.53. The lowest BCUT2D eigenvalue weighted by Crippen LogP contribution is -1.90. The van der Waals surface area contributed by atoms with Crippen molar-refractivity contribution in [3.63, 3.8) is 0 Å². The first-order valence-electron chi connectivity index (χ1n) is 3.14. The normalized spacial score (nSPS) is 10.2. The molecule has 0 bridgehead atoms. The quantitative estimate of drug-likeness (QED) is 0.509. The molecular weight excluding hydrogens is 168 g/mol. The summed E-state index contributed by atoms with van der Waals surface area (Å²) in [6.07, 6.45) is -2.66. The van der Waals surface area contributed by atoms with E-state index in [1.807, 2.05) is 0 Å². The van der Waals surface area contributed by atoms with Crippen LogP contribution in [0.25, 0.3) is 0 Å². The molecule has 0 aromatic heterocycles. The molecule has 0 unspecified atom stereocenters. The Hall–Kier alpha value is -1.52. The summed E-state index contributed by atoms with van der Waals surface area (Å²) in [5, 5.41) is 10.1. The van der Waals surface area contributed by atoms with Gasteiger partial charge in [-0.25, -0.2) is 8.78 Å². The van der Waals surface area contributed by atoms with Gasteiger partial charge in [-0.3, -0.25) is 10.1 Å². The average Bonchev–Trinajstić information content (AvgIpc) is 2.04. The number of nitro benzene ring substituents is 1. The molecule has 0 aliphatic heterocycles. The Morgan fingerprint density at radius 1 is 1.42 bits per heavy atom. The summed E-state index contributed by atoms with van der Waals surface area (Å²) < 4.78 is 24.0. The first-order valence-corrected chi connectivity index (χ1v) is 3.14. The zero-order valence-electron chi connectivity index (χ0n) is 5.91. The molecule has 0 atom stereocenters. The van der Waals surface area contributed by atoms with Crippen LogP contribution in [-0.2, 0) is 0 Å². The highest BCUT2D eigenvalue weighted by Gasteiger charge is 2.11. The molecule has 12 heavy (non-hydrogen) atoms. The van der Waals surface area contributed by atoms with E-state index in [2.05, 4.69) is 0 Å². The van der Waals surface area contributed by atoms with Crippen LogP contribution in [0.15, 0.2) is 24.3 Å². The zero-order chi connectivity index (χ0) is 9.14. The van der Waals surface area contributed by atoms with E-state index in [1.54, 1.807) is 0 Å². The third kappa shape index (κ3) is 1.75. The number of rotatable bonds is 2. The summed E-state index contributed by atoms with van der Waals surface area (Å²) in [6, 6.07) is 4.42. The van der Waals surface area contributed by atoms with Crippen LogP contribution >= 0.6 is 0 Å². The van der Waals surface area contributed by atoms with Gasteiger partial charge in [0.1, 0.15) is 0 Å². The van der Waals surface area contributed by atoms with Crippen LogP contribution in [0.4, 0.5) is 14.5 Å². The van der Waals surface area contributed by atoms with Crippen LogP contribution in [0.5, 0.6) is 0 Å². The summed E-state index contributed by atoms with van der Waals surface area (Å²) in [4.78, 5) is 9.43. The van der Waals surface area contributed by atoms with E-state index in [-0.39, 0.29) is 11.3 Å². The molecule has 0 saturated heterocycles. The number of nitrogens with zero attached hydrogens (tertiary/aromatic N) is 1. The van der Waals surface area contributed by atoms with Crippen molar-refractivity contribution < 1.29 is 13.7 Å². The number of alkyl halides is 2. The van der Waals surface area contributed by atoms with E-state index in [1.165, 1.54) is 12.1 Å². The topological polar surface area (TPSA) is 43.1 Å². The lowest BCUT2D eigenvalue weighted by Gasteiger charge is -1.97. The Bertz CT molecular complexity index is 301. The first-order chi connectivity index (χ1) is 5.61. The van der Waals surface area contributed by atoms with Crippen LogP contribution < -0.4 is 0 Å². The molecule has 0 radical (unpaired) electrons. The molecule has 0 spiro atoms. The number of halogens is 2. The van der Waals surface area contributed by atoms with Gasteiger partial charge in [-0.05, 0) is 0 Å². The van der Waals surface area contributed by atoms with Gasteiger partial charge in [0.05, 0.1) is 4.92 Å². The van der Waals surface area contributed by atoms with E-state index in [4.69, 9.17) is 0 Å². The maximum Gasteiger partial charge on any atom is 0.269 e. The van der Waals surface area contributed by atoms with Crippen molar-refractivity contribution in [1.29, 1.82) is 0 Å². The van der Waals surface area contributed by atoms with Gasteiger partial charge in [0.15, 0.2) is 0 Å². The number of nitro groups is 1. The number of non-ortho nitro benzene ring substituents is 1. The Labute approximate surface area is 66.8 Å². The van der Waals surface area contributed by atoms with Crippen LogP contribution in [-0.4, -0.2) is 4.92 Å². The standard InChI is InChI=1S/C7H5F2NO2/c8-7(9)5-2-1-3-6(4-5)10(11)12/h1-4,7H. The van der Waals surface area contributed by atoms with Gasteiger partial charge in [-0.2, -0.15) is 0 Å². The highest BCUT2D eigenvalue weighted by Crippen LogP contribution is 2.22. The molecule has 1 aromatic carbocycles. The summed E-state index contributed by atoms with van der Waals surface area (Å²) in [5.41, 5.74) is -0.642. The summed E-state index contributed by atoms with van der Waals surface area (Å²) in [7, 11) is 0. The van der Waals surface area contributed by atoms with E-state index >= 15 is 0 Å². The molecule has 0 aliphatic rings. The maximum atomic E-state index is 12.0. The second kappa shape index (κ2) is 3.25. The van der Waals surface area contributed by atoms with Gasteiger partial charge < -0.3 is 0 Å². The van der Waals surface area contributed by atoms with Crippen LogP contribution in [0.2, 0.25) is 0 Å². The second-order valence-corrected chi connectivity index (χ2v) is 2.15. The minimum Gasteiger partial charge on any atom is -0.258 e. The Kier molecular flexibility index (Phi) is 2.32. The van der Waals surface area contributed by atoms with Crippen molar-refractivity contribution in [3.8, 4) is 0 Å². The van der Waals surface area contributed by atoms with Crippen LogP contribution in [0.3, 0.4) is 0 Å². The molecule has 1 rings (SSSR count). The van der Waals surface area contributed by atoms with Gasteiger partial charge >= 0.3 is 0 Å². The molecule has 3 nitrogen and oxygen atoms in total. The zero-order valence-corrected chi connectivity index (χ0v) is 5.91. The molecule has 0 amide bonds. The summed E-state index contributed by atoms with van der Waals surface area (Å²) in [6.45, 7) is 0. The number of hydrogen-bond donors (Lipinski definition) is 0. The van der Waals surface area contributed by atoms with E-state index in [9.17, 15) is 18.9 Å². The molecule has 0 fully saturated rings. The van der Waals surface area contributed by atoms with Gasteiger partial charge in [0, 0.05) is 17.7 Å². The Morgan fingerprint density at radius 3 is 2.58 bits per heavy atom. The van der Waals surface area contributed by atoms with Crippen LogP contribution in [0, 0.1) is 10.1 Å². The van der Waals surface area contributed by atoms with E-state index in [0.717, 1.165) is 12.1 Å². The van der Waals surface area contributed by atoms with E-state index < -0.39 is 11.3 Å². The lowest BCUT2D eigenvalue weighted by molar-refractivity contribution is -0.385. The van der Waals surface area contributed by atoms with Crippen molar-refractivity contribution >= 4 is 5.69 Å². The van der Waals surface area contributed by atoms with Gasteiger partial charge in [-0.15, -0.1) is 0 Å². The molecular formula is C7H5F2NO2. The van der Waals surface area contributed by atoms with Crippen molar-refractivity contribution in [3.05, 3.63) is 39.9 Å². The van der Waals surface area contributed by atoms with E-state index in [0.29, 0.717) is 0 Å².